The van der Waals surface area contributed by atoms with Gasteiger partial charge in [0.1, 0.15) is 29.3 Å². The van der Waals surface area contributed by atoms with Crippen LogP contribution in [0.1, 0.15) is 72.8 Å². The Kier molecular flexibility index (Phi) is 10.2. The smallest absolute Gasteiger partial charge is 0.411 e. The molecule has 48 heavy (non-hydrogen) atoms. The number of carbonyl (C=O) groups is 5. The van der Waals surface area contributed by atoms with E-state index in [1.807, 2.05) is 19.1 Å². The summed E-state index contributed by atoms with van der Waals surface area (Å²) in [6.07, 6.45) is -0.238. The summed E-state index contributed by atoms with van der Waals surface area (Å²) in [6.45, 7) is 15.6. The number of hydrogen-bond acceptors (Lipinski definition) is 9. The zero-order chi connectivity index (χ0) is 35.8. The van der Waals surface area contributed by atoms with Crippen molar-refractivity contribution in [3.05, 3.63) is 42.5 Å². The summed E-state index contributed by atoms with van der Waals surface area (Å²) in [4.78, 5) is 68.5. The van der Waals surface area contributed by atoms with Crippen molar-refractivity contribution >= 4 is 45.6 Å². The molecule has 0 aromatic heterocycles. The van der Waals surface area contributed by atoms with E-state index in [4.69, 9.17) is 9.47 Å². The highest BCUT2D eigenvalue weighted by Crippen LogP contribution is 2.45. The highest BCUT2D eigenvalue weighted by molar-refractivity contribution is 7.91. The highest BCUT2D eigenvalue weighted by atomic mass is 32.2. The van der Waals surface area contributed by atoms with Crippen LogP contribution in [0, 0.1) is 18.3 Å². The fourth-order valence-electron chi connectivity index (χ4n) is 5.64. The van der Waals surface area contributed by atoms with E-state index >= 15 is 0 Å². The average Bonchev–Trinajstić information content (AvgIpc) is 3.88. The largest absolute Gasteiger partial charge is 0.444 e. The first-order valence-corrected chi connectivity index (χ1v) is 17.6. The Labute approximate surface area is 281 Å². The fraction of sp³-hybridized carbons (Fsp3) is 0.606. The minimum absolute atomic E-state index is 0.110. The van der Waals surface area contributed by atoms with Crippen molar-refractivity contribution in [2.45, 2.75) is 109 Å². The maximum absolute atomic E-state index is 14.2. The number of amides is 5. The van der Waals surface area contributed by atoms with Gasteiger partial charge in [-0.3, -0.25) is 24.4 Å². The number of benzene rings is 1. The van der Waals surface area contributed by atoms with Crippen LogP contribution < -0.4 is 20.7 Å². The minimum Gasteiger partial charge on any atom is -0.444 e. The first kappa shape index (κ1) is 36.7. The predicted octanol–water partition coefficient (Wildman–Crippen LogP) is 3.12. The zero-order valence-electron chi connectivity index (χ0n) is 28.5. The Morgan fingerprint density at radius 2 is 1.69 bits per heavy atom. The molecule has 0 spiro atoms. The molecule has 15 heteroatoms. The van der Waals surface area contributed by atoms with Crippen molar-refractivity contribution in [3.63, 3.8) is 0 Å². The van der Waals surface area contributed by atoms with Crippen LogP contribution >= 0.6 is 0 Å². The first-order valence-electron chi connectivity index (χ1n) is 16.0. The van der Waals surface area contributed by atoms with Crippen LogP contribution in [-0.2, 0) is 33.9 Å². The lowest BCUT2D eigenvalue weighted by Gasteiger charge is -2.36. The highest BCUT2D eigenvalue weighted by Gasteiger charge is 2.62. The SMILES string of the molecule is C=CC1C[C@]1(NC(=O)[C@@H]1C[C@@H](OC(=O)Nc2ccccc2C)CN1C(=O)[C@@H](NC(=O)OC(C)(C)C)C(C)(C)C)C(=O)NS(=O)(=O)C1CC1. The zero-order valence-corrected chi connectivity index (χ0v) is 29.4. The number of anilines is 1. The fourth-order valence-corrected chi connectivity index (χ4v) is 7.00. The number of rotatable bonds is 10. The van der Waals surface area contributed by atoms with Gasteiger partial charge in [0.05, 0.1) is 11.8 Å². The van der Waals surface area contributed by atoms with E-state index in [1.165, 1.54) is 11.0 Å². The molecule has 0 bridgehead atoms. The number of nitrogens with one attached hydrogen (secondary N) is 4. The van der Waals surface area contributed by atoms with E-state index in [1.54, 1.807) is 53.7 Å². The average molecular weight is 690 g/mol. The summed E-state index contributed by atoms with van der Waals surface area (Å²) in [5, 5.41) is 7.35. The number of sulfonamides is 1. The van der Waals surface area contributed by atoms with Gasteiger partial charge in [0.2, 0.25) is 21.8 Å². The molecule has 1 saturated heterocycles. The second kappa shape index (κ2) is 13.4. The molecule has 1 heterocycles. The Morgan fingerprint density at radius 3 is 2.23 bits per heavy atom. The number of carbonyl (C=O) groups excluding carboxylic acids is 5. The quantitative estimate of drug-likeness (QED) is 0.268. The second-order valence-electron chi connectivity index (χ2n) is 14.8. The molecule has 2 aliphatic carbocycles. The van der Waals surface area contributed by atoms with Crippen LogP contribution in [0.5, 0.6) is 0 Å². The van der Waals surface area contributed by atoms with Crippen molar-refractivity contribution < 1.29 is 41.9 Å². The van der Waals surface area contributed by atoms with Crippen molar-refractivity contribution in [2.24, 2.45) is 11.3 Å². The summed E-state index contributed by atoms with van der Waals surface area (Å²) >= 11 is 0. The third-order valence-corrected chi connectivity index (χ3v) is 10.3. The van der Waals surface area contributed by atoms with Crippen molar-refractivity contribution in [2.75, 3.05) is 11.9 Å². The summed E-state index contributed by atoms with van der Waals surface area (Å²) < 4.78 is 38.3. The molecule has 14 nitrogen and oxygen atoms in total. The van der Waals surface area contributed by atoms with Crippen LogP contribution in [0.2, 0.25) is 0 Å². The normalized spacial score (nSPS) is 24.5. The molecule has 5 amide bonds. The van der Waals surface area contributed by atoms with Gasteiger partial charge in [0, 0.05) is 18.0 Å². The molecule has 1 aliphatic heterocycles. The Bertz CT molecular complexity index is 1580. The molecule has 1 unspecified atom stereocenters. The third-order valence-electron chi connectivity index (χ3n) is 8.53. The van der Waals surface area contributed by atoms with E-state index in [9.17, 15) is 32.4 Å². The van der Waals surface area contributed by atoms with E-state index < -0.39 is 85.8 Å². The number of ether oxygens (including phenoxy) is 2. The molecule has 264 valence electrons. The molecule has 4 N–H and O–H groups in total. The molecule has 0 radical (unpaired) electrons. The minimum atomic E-state index is -3.91. The van der Waals surface area contributed by atoms with E-state index in [0.29, 0.717) is 18.5 Å². The summed E-state index contributed by atoms with van der Waals surface area (Å²) in [6, 6.07) is 4.68. The molecule has 1 aromatic carbocycles. The predicted molar refractivity (Wildman–Crippen MR) is 177 cm³/mol. The lowest BCUT2D eigenvalue weighted by molar-refractivity contribution is -0.143. The number of alkyl carbamates (subject to hydrolysis) is 1. The molecule has 2 saturated carbocycles. The van der Waals surface area contributed by atoms with E-state index in [0.717, 1.165) is 5.56 Å². The van der Waals surface area contributed by atoms with Gasteiger partial charge in [0.15, 0.2) is 0 Å². The number of para-hydroxylation sites is 1. The van der Waals surface area contributed by atoms with Crippen LogP contribution in [0.4, 0.5) is 15.3 Å². The van der Waals surface area contributed by atoms with E-state index in [-0.39, 0.29) is 19.4 Å². The van der Waals surface area contributed by atoms with Gasteiger partial charge in [-0.05, 0) is 64.0 Å². The summed E-state index contributed by atoms with van der Waals surface area (Å²) in [5.41, 5.74) is -1.96. The van der Waals surface area contributed by atoms with Crippen molar-refractivity contribution in [1.82, 2.24) is 20.3 Å². The van der Waals surface area contributed by atoms with Crippen LogP contribution in [0.25, 0.3) is 0 Å². The molecule has 4 rings (SSSR count). The second-order valence-corrected chi connectivity index (χ2v) is 16.8. The molecular formula is C33H47N5O9S. The number of likely N-dealkylation sites (tertiary alicyclic amines) is 1. The number of aryl methyl sites for hydroxylation is 1. The number of hydrogen-bond donors (Lipinski definition) is 4. The van der Waals surface area contributed by atoms with Gasteiger partial charge in [-0.25, -0.2) is 18.0 Å². The summed E-state index contributed by atoms with van der Waals surface area (Å²) in [5.74, 6) is -2.82. The Hall–Kier alpha value is -4.14. The van der Waals surface area contributed by atoms with Crippen molar-refractivity contribution in [1.29, 1.82) is 0 Å². The van der Waals surface area contributed by atoms with Gasteiger partial charge >= 0.3 is 12.2 Å². The topological polar surface area (TPSA) is 189 Å². The maximum Gasteiger partial charge on any atom is 0.411 e. The third kappa shape index (κ3) is 8.65. The maximum atomic E-state index is 14.2. The number of nitrogens with zero attached hydrogens (tertiary/aromatic N) is 1. The standard InChI is InChI=1S/C33H47N5O9S/c1-9-20-17-33(20,28(41)37-48(44,45)22-14-15-22)36-26(39)24-16-21(46-29(42)34-23-13-11-10-12-19(23)2)18-38(24)27(40)25(31(3,4)5)35-30(43)47-32(6,7)8/h9-13,20-22,24-25H,1,14-18H2,2-8H3,(H,34,42)(H,35,43)(H,36,39)(H,37,41)/t20?,21-,24+,25-,33-/m1/s1. The molecule has 3 aliphatic rings. The molecule has 3 fully saturated rings. The van der Waals surface area contributed by atoms with Gasteiger partial charge in [-0.2, -0.15) is 0 Å². The van der Waals surface area contributed by atoms with E-state index in [2.05, 4.69) is 27.3 Å². The molecular weight excluding hydrogens is 642 g/mol. The monoisotopic (exact) mass is 689 g/mol. The lowest BCUT2D eigenvalue weighted by atomic mass is 9.85. The van der Waals surface area contributed by atoms with Crippen LogP contribution in [0.3, 0.4) is 0 Å². The first-order chi connectivity index (χ1) is 22.2. The van der Waals surface area contributed by atoms with Crippen LogP contribution in [-0.4, -0.2) is 84.3 Å². The van der Waals surface area contributed by atoms with Gasteiger partial charge in [0.25, 0.3) is 5.91 Å². The Morgan fingerprint density at radius 1 is 1.04 bits per heavy atom. The van der Waals surface area contributed by atoms with Gasteiger partial charge in [-0.1, -0.05) is 45.0 Å². The van der Waals surface area contributed by atoms with Crippen molar-refractivity contribution in [3.8, 4) is 0 Å². The van der Waals surface area contributed by atoms with Gasteiger partial charge in [-0.15, -0.1) is 6.58 Å². The van der Waals surface area contributed by atoms with Crippen LogP contribution in [0.15, 0.2) is 36.9 Å². The summed E-state index contributed by atoms with van der Waals surface area (Å²) in [7, 11) is -3.91. The molecule has 5 atom stereocenters. The van der Waals surface area contributed by atoms with Gasteiger partial charge < -0.3 is 25.0 Å². The Balaban J connectivity index is 1.59. The molecule has 1 aromatic rings. The lowest BCUT2D eigenvalue weighted by Crippen LogP contribution is -2.60.